The third kappa shape index (κ3) is 3.66. The standard InChI is InChI=1S/C22H20ClN5O2/c23-16-2-3-18-17(10-16)21(25-12-15-1-4-19-20(9-15)30-13-29-19)27-22(26-18)28-7-5-14(11-24)6-8-28/h1-4,9-10,14H,5-8,12-13H2,(H,25,26,27). The van der Waals surface area contributed by atoms with Gasteiger partial charge in [-0.25, -0.2) is 4.98 Å². The van der Waals surface area contributed by atoms with Crippen LogP contribution < -0.4 is 19.7 Å². The van der Waals surface area contributed by atoms with Crippen LogP contribution in [-0.2, 0) is 6.54 Å². The maximum absolute atomic E-state index is 9.16. The first-order chi connectivity index (χ1) is 14.7. The highest BCUT2D eigenvalue weighted by Crippen LogP contribution is 2.33. The molecule has 0 bridgehead atoms. The van der Waals surface area contributed by atoms with E-state index in [2.05, 4.69) is 16.3 Å². The maximum Gasteiger partial charge on any atom is 0.231 e. The fourth-order valence-electron chi connectivity index (χ4n) is 3.81. The van der Waals surface area contributed by atoms with E-state index in [1.54, 1.807) is 0 Å². The van der Waals surface area contributed by atoms with Gasteiger partial charge >= 0.3 is 0 Å². The Morgan fingerprint density at radius 1 is 1.10 bits per heavy atom. The molecule has 8 heteroatoms. The Morgan fingerprint density at radius 2 is 1.93 bits per heavy atom. The maximum atomic E-state index is 9.16. The number of rotatable bonds is 4. The number of hydrogen-bond acceptors (Lipinski definition) is 7. The van der Waals surface area contributed by atoms with Crippen molar-refractivity contribution in [3.63, 3.8) is 0 Å². The third-order valence-electron chi connectivity index (χ3n) is 5.50. The molecular formula is C22H20ClN5O2. The second-order valence-corrected chi connectivity index (χ2v) is 7.90. The van der Waals surface area contributed by atoms with E-state index in [9.17, 15) is 0 Å². The summed E-state index contributed by atoms with van der Waals surface area (Å²) >= 11 is 6.24. The van der Waals surface area contributed by atoms with E-state index in [0.717, 1.165) is 59.7 Å². The van der Waals surface area contributed by atoms with E-state index in [-0.39, 0.29) is 12.7 Å². The number of aromatic nitrogens is 2. The lowest BCUT2D eigenvalue weighted by Gasteiger charge is -2.29. The van der Waals surface area contributed by atoms with Crippen molar-refractivity contribution >= 4 is 34.3 Å². The average Bonchev–Trinajstić information content (AvgIpc) is 3.25. The normalized spacial score (nSPS) is 15.9. The molecule has 0 saturated carbocycles. The van der Waals surface area contributed by atoms with Crippen LogP contribution in [0, 0.1) is 17.2 Å². The Morgan fingerprint density at radius 3 is 2.77 bits per heavy atom. The highest BCUT2D eigenvalue weighted by molar-refractivity contribution is 6.31. The number of nitrogens with one attached hydrogen (secondary N) is 1. The average molecular weight is 422 g/mol. The SMILES string of the molecule is N#CC1CCN(c2nc(NCc3ccc4c(c3)OCO4)c3cc(Cl)ccc3n2)CC1. The summed E-state index contributed by atoms with van der Waals surface area (Å²) in [6.07, 6.45) is 1.66. The number of hydrogen-bond donors (Lipinski definition) is 1. The number of anilines is 2. The zero-order valence-corrected chi connectivity index (χ0v) is 17.0. The Kier molecular flexibility index (Phi) is 4.93. The number of halogens is 1. The first-order valence-corrected chi connectivity index (χ1v) is 10.3. The molecule has 152 valence electrons. The zero-order chi connectivity index (χ0) is 20.5. The van der Waals surface area contributed by atoms with Crippen LogP contribution >= 0.6 is 11.6 Å². The Hall–Kier alpha value is -3.24. The van der Waals surface area contributed by atoms with Crippen LogP contribution in [0.3, 0.4) is 0 Å². The number of piperidine rings is 1. The topological polar surface area (TPSA) is 83.3 Å². The summed E-state index contributed by atoms with van der Waals surface area (Å²) in [5.74, 6) is 3.04. The molecule has 1 saturated heterocycles. The van der Waals surface area contributed by atoms with Crippen molar-refractivity contribution in [1.82, 2.24) is 9.97 Å². The van der Waals surface area contributed by atoms with Crippen LogP contribution in [0.2, 0.25) is 5.02 Å². The van der Waals surface area contributed by atoms with Gasteiger partial charge in [-0.05, 0) is 48.7 Å². The number of nitrogens with zero attached hydrogens (tertiary/aromatic N) is 4. The lowest BCUT2D eigenvalue weighted by molar-refractivity contribution is 0.174. The summed E-state index contributed by atoms with van der Waals surface area (Å²) in [7, 11) is 0. The minimum Gasteiger partial charge on any atom is -0.454 e. The summed E-state index contributed by atoms with van der Waals surface area (Å²) in [5.41, 5.74) is 1.89. The van der Waals surface area contributed by atoms with E-state index < -0.39 is 0 Å². The fraction of sp³-hybridized carbons (Fsp3) is 0.318. The van der Waals surface area contributed by atoms with Crippen molar-refractivity contribution in [1.29, 1.82) is 5.26 Å². The predicted octanol–water partition coefficient (Wildman–Crippen LogP) is 4.36. The number of benzene rings is 2. The van der Waals surface area contributed by atoms with E-state index in [4.69, 9.17) is 36.3 Å². The monoisotopic (exact) mass is 421 g/mol. The highest BCUT2D eigenvalue weighted by atomic mass is 35.5. The zero-order valence-electron chi connectivity index (χ0n) is 16.3. The first kappa shape index (κ1) is 18.8. The minimum absolute atomic E-state index is 0.115. The molecule has 0 radical (unpaired) electrons. The highest BCUT2D eigenvalue weighted by Gasteiger charge is 2.22. The first-order valence-electron chi connectivity index (χ1n) is 9.94. The molecule has 3 aromatic rings. The third-order valence-corrected chi connectivity index (χ3v) is 5.74. The summed E-state index contributed by atoms with van der Waals surface area (Å²) in [6, 6.07) is 13.9. The van der Waals surface area contributed by atoms with E-state index in [1.807, 2.05) is 36.4 Å². The van der Waals surface area contributed by atoms with Crippen LogP contribution in [0.15, 0.2) is 36.4 Å². The van der Waals surface area contributed by atoms with Crippen molar-refractivity contribution in [3.05, 3.63) is 47.0 Å². The van der Waals surface area contributed by atoms with E-state index in [0.29, 0.717) is 17.5 Å². The Labute approximate surface area is 179 Å². The van der Waals surface area contributed by atoms with Gasteiger partial charge in [0.25, 0.3) is 0 Å². The van der Waals surface area contributed by atoms with Gasteiger partial charge in [0.15, 0.2) is 11.5 Å². The second kappa shape index (κ2) is 7.88. The predicted molar refractivity (Wildman–Crippen MR) is 115 cm³/mol. The van der Waals surface area contributed by atoms with Crippen molar-refractivity contribution in [2.24, 2.45) is 5.92 Å². The summed E-state index contributed by atoms with van der Waals surface area (Å²) < 4.78 is 10.9. The molecule has 5 rings (SSSR count). The Balaban J connectivity index is 1.43. The number of ether oxygens (including phenoxy) is 2. The molecule has 0 aliphatic carbocycles. The van der Waals surface area contributed by atoms with Gasteiger partial charge in [0.05, 0.1) is 11.6 Å². The van der Waals surface area contributed by atoms with Crippen molar-refractivity contribution in [2.75, 3.05) is 30.1 Å². The molecule has 3 heterocycles. The molecule has 1 fully saturated rings. The van der Waals surface area contributed by atoms with Crippen LogP contribution in [0.4, 0.5) is 11.8 Å². The van der Waals surface area contributed by atoms with Gasteiger partial charge in [0, 0.05) is 36.0 Å². The molecule has 1 N–H and O–H groups in total. The van der Waals surface area contributed by atoms with E-state index in [1.165, 1.54) is 0 Å². The van der Waals surface area contributed by atoms with Gasteiger partial charge in [-0.3, -0.25) is 0 Å². The smallest absolute Gasteiger partial charge is 0.231 e. The molecule has 1 aromatic heterocycles. The molecule has 2 aliphatic rings. The lowest BCUT2D eigenvalue weighted by atomic mass is 9.99. The van der Waals surface area contributed by atoms with Crippen LogP contribution in [0.25, 0.3) is 10.9 Å². The largest absolute Gasteiger partial charge is 0.454 e. The molecule has 0 amide bonds. The molecule has 30 heavy (non-hydrogen) atoms. The van der Waals surface area contributed by atoms with Gasteiger partial charge in [-0.2, -0.15) is 10.2 Å². The van der Waals surface area contributed by atoms with Gasteiger partial charge in [-0.1, -0.05) is 17.7 Å². The molecular weight excluding hydrogens is 402 g/mol. The Bertz CT molecular complexity index is 1140. The number of nitriles is 1. The minimum atomic E-state index is 0.115. The van der Waals surface area contributed by atoms with Gasteiger partial charge in [-0.15, -0.1) is 0 Å². The fourth-order valence-corrected chi connectivity index (χ4v) is 3.98. The summed E-state index contributed by atoms with van der Waals surface area (Å²) in [5, 5.41) is 14.1. The van der Waals surface area contributed by atoms with Crippen LogP contribution in [0.5, 0.6) is 11.5 Å². The molecule has 0 unspecified atom stereocenters. The summed E-state index contributed by atoms with van der Waals surface area (Å²) in [6.45, 7) is 2.39. The van der Waals surface area contributed by atoms with Gasteiger partial charge in [0.1, 0.15) is 5.82 Å². The van der Waals surface area contributed by atoms with Crippen molar-refractivity contribution in [3.8, 4) is 17.6 Å². The van der Waals surface area contributed by atoms with Gasteiger partial charge in [0.2, 0.25) is 12.7 Å². The molecule has 2 aliphatic heterocycles. The molecule has 2 aromatic carbocycles. The molecule has 7 nitrogen and oxygen atoms in total. The van der Waals surface area contributed by atoms with Crippen LogP contribution in [0.1, 0.15) is 18.4 Å². The second-order valence-electron chi connectivity index (χ2n) is 7.47. The summed E-state index contributed by atoms with van der Waals surface area (Å²) in [4.78, 5) is 11.7. The molecule has 0 atom stereocenters. The quantitative estimate of drug-likeness (QED) is 0.669. The van der Waals surface area contributed by atoms with Crippen molar-refractivity contribution in [2.45, 2.75) is 19.4 Å². The van der Waals surface area contributed by atoms with Crippen LogP contribution in [-0.4, -0.2) is 29.9 Å². The van der Waals surface area contributed by atoms with Gasteiger partial charge < -0.3 is 19.7 Å². The van der Waals surface area contributed by atoms with E-state index >= 15 is 0 Å². The lowest BCUT2D eigenvalue weighted by Crippen LogP contribution is -2.34. The van der Waals surface area contributed by atoms with Crippen molar-refractivity contribution < 1.29 is 9.47 Å². The number of fused-ring (bicyclic) bond motifs is 2. The molecule has 0 spiro atoms.